The van der Waals surface area contributed by atoms with Crippen molar-refractivity contribution >= 4 is 0 Å². The highest BCUT2D eigenvalue weighted by Gasteiger charge is 2.10. The van der Waals surface area contributed by atoms with Gasteiger partial charge in [-0.05, 0) is 63.9 Å². The van der Waals surface area contributed by atoms with E-state index >= 15 is 0 Å². The first-order valence-corrected chi connectivity index (χ1v) is 7.04. The predicted octanol–water partition coefficient (Wildman–Crippen LogP) is 2.89. The molecule has 0 aliphatic carbocycles. The van der Waals surface area contributed by atoms with Crippen molar-refractivity contribution in [3.63, 3.8) is 0 Å². The van der Waals surface area contributed by atoms with E-state index in [1.165, 1.54) is 5.56 Å². The smallest absolute Gasteiger partial charge is 0.119 e. The van der Waals surface area contributed by atoms with Crippen molar-refractivity contribution in [3.05, 3.63) is 29.8 Å². The van der Waals surface area contributed by atoms with E-state index in [0.29, 0.717) is 12.0 Å². The molecule has 0 aliphatic heterocycles. The molecule has 1 aromatic rings. The van der Waals surface area contributed by atoms with Crippen molar-refractivity contribution in [2.45, 2.75) is 32.8 Å². The third-order valence-electron chi connectivity index (χ3n) is 3.13. The van der Waals surface area contributed by atoms with Gasteiger partial charge in [0.05, 0.1) is 13.2 Å². The molecule has 0 saturated heterocycles. The van der Waals surface area contributed by atoms with Crippen LogP contribution in [0.1, 0.15) is 25.8 Å². The van der Waals surface area contributed by atoms with E-state index in [0.717, 1.165) is 31.7 Å². The summed E-state index contributed by atoms with van der Waals surface area (Å²) >= 11 is 0. The molecule has 3 nitrogen and oxygen atoms in total. The molecule has 0 aromatic heterocycles. The third-order valence-corrected chi connectivity index (χ3v) is 3.13. The molecule has 3 heteroatoms. The standard InChI is InChI=1S/C16H27NO2/c1-13(2)19-9-8-15(12-17-3)10-14-6-5-7-16(11-14)18-4/h5-7,11,13,15,17H,8-10,12H2,1-4H3. The molecule has 0 spiro atoms. The van der Waals surface area contributed by atoms with Crippen LogP contribution in [0.2, 0.25) is 0 Å². The maximum atomic E-state index is 5.65. The van der Waals surface area contributed by atoms with Gasteiger partial charge >= 0.3 is 0 Å². The van der Waals surface area contributed by atoms with Crippen molar-refractivity contribution in [3.8, 4) is 5.75 Å². The van der Waals surface area contributed by atoms with Crippen molar-refractivity contribution < 1.29 is 9.47 Å². The van der Waals surface area contributed by atoms with E-state index in [9.17, 15) is 0 Å². The van der Waals surface area contributed by atoms with Gasteiger partial charge in [-0.3, -0.25) is 0 Å². The Hall–Kier alpha value is -1.06. The maximum Gasteiger partial charge on any atom is 0.119 e. The number of hydrogen-bond acceptors (Lipinski definition) is 3. The van der Waals surface area contributed by atoms with Crippen molar-refractivity contribution in [2.75, 3.05) is 27.3 Å². The van der Waals surface area contributed by atoms with E-state index in [1.807, 2.05) is 13.1 Å². The summed E-state index contributed by atoms with van der Waals surface area (Å²) in [6.07, 6.45) is 2.45. The molecule has 19 heavy (non-hydrogen) atoms. The lowest BCUT2D eigenvalue weighted by Crippen LogP contribution is -2.22. The molecular formula is C16H27NO2. The molecule has 0 bridgehead atoms. The minimum absolute atomic E-state index is 0.312. The summed E-state index contributed by atoms with van der Waals surface area (Å²) in [5.41, 5.74) is 1.32. The molecule has 0 radical (unpaired) electrons. The SMILES string of the molecule is CNCC(CCOC(C)C)Cc1cccc(OC)c1. The van der Waals surface area contributed by atoms with Gasteiger partial charge in [-0.15, -0.1) is 0 Å². The Morgan fingerprint density at radius 3 is 2.68 bits per heavy atom. The molecule has 0 fully saturated rings. The number of rotatable bonds is 9. The molecule has 0 aliphatic rings. The Bertz CT molecular complexity index is 352. The molecule has 1 aromatic carbocycles. The topological polar surface area (TPSA) is 30.5 Å². The predicted molar refractivity (Wildman–Crippen MR) is 79.8 cm³/mol. The van der Waals surface area contributed by atoms with Crippen LogP contribution in [0.5, 0.6) is 5.75 Å². The first-order valence-electron chi connectivity index (χ1n) is 7.04. The van der Waals surface area contributed by atoms with Gasteiger partial charge in [-0.25, -0.2) is 0 Å². The second-order valence-corrected chi connectivity index (χ2v) is 5.19. The maximum absolute atomic E-state index is 5.65. The summed E-state index contributed by atoms with van der Waals surface area (Å²) in [5, 5.41) is 3.27. The Kier molecular flexibility index (Phi) is 7.53. The highest BCUT2D eigenvalue weighted by Crippen LogP contribution is 2.17. The first-order chi connectivity index (χ1) is 9.15. The van der Waals surface area contributed by atoms with Crippen molar-refractivity contribution in [1.82, 2.24) is 5.32 Å². The lowest BCUT2D eigenvalue weighted by Gasteiger charge is -2.18. The fraction of sp³-hybridized carbons (Fsp3) is 0.625. The molecule has 108 valence electrons. The number of methoxy groups -OCH3 is 1. The van der Waals surface area contributed by atoms with Gasteiger partial charge in [0.2, 0.25) is 0 Å². The van der Waals surface area contributed by atoms with E-state index < -0.39 is 0 Å². The zero-order chi connectivity index (χ0) is 14.1. The Balaban J connectivity index is 2.51. The quantitative estimate of drug-likeness (QED) is 0.744. The van der Waals surface area contributed by atoms with E-state index in [4.69, 9.17) is 9.47 Å². The Morgan fingerprint density at radius 2 is 2.05 bits per heavy atom. The monoisotopic (exact) mass is 265 g/mol. The van der Waals surface area contributed by atoms with Crippen LogP contribution in [-0.2, 0) is 11.2 Å². The zero-order valence-corrected chi connectivity index (χ0v) is 12.6. The average Bonchev–Trinajstić information content (AvgIpc) is 2.38. The second-order valence-electron chi connectivity index (χ2n) is 5.19. The van der Waals surface area contributed by atoms with Gasteiger partial charge in [0, 0.05) is 6.61 Å². The third kappa shape index (κ3) is 6.60. The van der Waals surface area contributed by atoms with Crippen LogP contribution >= 0.6 is 0 Å². The summed E-state index contributed by atoms with van der Waals surface area (Å²) < 4.78 is 10.9. The Morgan fingerprint density at radius 1 is 1.26 bits per heavy atom. The number of nitrogens with one attached hydrogen (secondary N) is 1. The molecule has 1 atom stereocenters. The highest BCUT2D eigenvalue weighted by molar-refractivity contribution is 5.28. The van der Waals surface area contributed by atoms with Crippen LogP contribution in [0.3, 0.4) is 0 Å². The number of benzene rings is 1. The van der Waals surface area contributed by atoms with Crippen molar-refractivity contribution in [1.29, 1.82) is 0 Å². The minimum Gasteiger partial charge on any atom is -0.497 e. The van der Waals surface area contributed by atoms with Crippen molar-refractivity contribution in [2.24, 2.45) is 5.92 Å². The van der Waals surface area contributed by atoms with Gasteiger partial charge < -0.3 is 14.8 Å². The number of hydrogen-bond donors (Lipinski definition) is 1. The molecule has 1 N–H and O–H groups in total. The van der Waals surface area contributed by atoms with Crippen LogP contribution in [0, 0.1) is 5.92 Å². The molecule has 1 rings (SSSR count). The number of ether oxygens (including phenoxy) is 2. The van der Waals surface area contributed by atoms with Crippen LogP contribution in [0.25, 0.3) is 0 Å². The highest BCUT2D eigenvalue weighted by atomic mass is 16.5. The minimum atomic E-state index is 0.312. The molecule has 0 heterocycles. The lowest BCUT2D eigenvalue weighted by atomic mass is 9.96. The fourth-order valence-electron chi connectivity index (χ4n) is 2.17. The molecular weight excluding hydrogens is 238 g/mol. The van der Waals surface area contributed by atoms with Crippen LogP contribution in [0.15, 0.2) is 24.3 Å². The van der Waals surface area contributed by atoms with Crippen LogP contribution in [-0.4, -0.2) is 33.4 Å². The van der Waals surface area contributed by atoms with Gasteiger partial charge in [0.15, 0.2) is 0 Å². The van der Waals surface area contributed by atoms with Gasteiger partial charge in [0.1, 0.15) is 5.75 Å². The normalized spacial score (nSPS) is 12.7. The van der Waals surface area contributed by atoms with E-state index in [-0.39, 0.29) is 0 Å². The fourth-order valence-corrected chi connectivity index (χ4v) is 2.17. The zero-order valence-electron chi connectivity index (χ0n) is 12.6. The summed E-state index contributed by atoms with van der Waals surface area (Å²) in [6.45, 7) is 6.00. The largest absolute Gasteiger partial charge is 0.497 e. The van der Waals surface area contributed by atoms with E-state index in [1.54, 1.807) is 7.11 Å². The second kappa shape index (κ2) is 8.94. The first kappa shape index (κ1) is 16.0. The summed E-state index contributed by atoms with van der Waals surface area (Å²) in [6, 6.07) is 8.31. The average molecular weight is 265 g/mol. The van der Waals surface area contributed by atoms with Gasteiger partial charge in [-0.2, -0.15) is 0 Å². The van der Waals surface area contributed by atoms with E-state index in [2.05, 4.69) is 37.4 Å². The Labute approximate surface area is 117 Å². The summed E-state index contributed by atoms with van der Waals surface area (Å²) in [7, 11) is 3.71. The van der Waals surface area contributed by atoms with Gasteiger partial charge in [-0.1, -0.05) is 12.1 Å². The molecule has 0 saturated carbocycles. The molecule has 1 unspecified atom stereocenters. The summed E-state index contributed by atoms with van der Waals surface area (Å²) in [5.74, 6) is 1.52. The van der Waals surface area contributed by atoms with Gasteiger partial charge in [0.25, 0.3) is 0 Å². The van der Waals surface area contributed by atoms with Crippen LogP contribution < -0.4 is 10.1 Å². The van der Waals surface area contributed by atoms with Crippen LogP contribution in [0.4, 0.5) is 0 Å². The summed E-state index contributed by atoms with van der Waals surface area (Å²) in [4.78, 5) is 0. The molecule has 0 amide bonds. The lowest BCUT2D eigenvalue weighted by molar-refractivity contribution is 0.0684.